The fourth-order valence-corrected chi connectivity index (χ4v) is 13.0. The molecule has 0 aliphatic heterocycles. The summed E-state index contributed by atoms with van der Waals surface area (Å²) in [4.78, 5) is 2.59. The van der Waals surface area contributed by atoms with Crippen LogP contribution in [0.15, 0.2) is 140 Å². The summed E-state index contributed by atoms with van der Waals surface area (Å²) in [7, 11) is 0. The largest absolute Gasteiger partial charge is 0.310 e. The SMILES string of the molecule is CC1(C)CCC(C)(C)c2c(-c3cccc(N(c4ccc(-c5ccccc5)cc4)c4cccc5c4-c4ccccc4C54C5CC6CC(C5)CC4C6)c3)cccc21. The highest BCUT2D eigenvalue weighted by Crippen LogP contribution is 2.70. The molecule has 0 radical (unpaired) electrons. The van der Waals surface area contributed by atoms with Crippen molar-refractivity contribution in [1.82, 2.24) is 0 Å². The van der Waals surface area contributed by atoms with E-state index in [1.165, 1.54) is 107 Å². The summed E-state index contributed by atoms with van der Waals surface area (Å²) >= 11 is 0. The number of hydrogen-bond acceptors (Lipinski definition) is 1. The molecule has 274 valence electrons. The topological polar surface area (TPSA) is 3.24 Å². The standard InChI is InChI=1S/C54H53N/c1-52(2)27-28-53(3,4)51-44(18-11-21-48(51)52)39-15-10-16-43(34-39)55(42-25-23-38(24-26-42)37-13-6-5-7-14-37)49-22-12-20-47-50(49)45-17-8-9-19-46(45)54(47)40-30-35-29-36(32-40)33-41(54)31-35/h5-26,34-36,40-41H,27-33H2,1-4H3. The van der Waals surface area contributed by atoms with E-state index in [9.17, 15) is 0 Å². The van der Waals surface area contributed by atoms with Gasteiger partial charge in [-0.3, -0.25) is 0 Å². The van der Waals surface area contributed by atoms with E-state index in [4.69, 9.17) is 0 Å². The molecule has 1 nitrogen and oxygen atoms in total. The number of fused-ring (bicyclic) bond motifs is 4. The van der Waals surface area contributed by atoms with Crippen LogP contribution < -0.4 is 4.90 Å². The Kier molecular flexibility index (Phi) is 7.34. The van der Waals surface area contributed by atoms with Gasteiger partial charge in [-0.2, -0.15) is 0 Å². The molecule has 12 rings (SSSR count). The van der Waals surface area contributed by atoms with E-state index in [0.717, 1.165) is 23.7 Å². The van der Waals surface area contributed by atoms with Crippen LogP contribution in [0.5, 0.6) is 0 Å². The zero-order valence-electron chi connectivity index (χ0n) is 33.0. The van der Waals surface area contributed by atoms with Gasteiger partial charge in [0.1, 0.15) is 0 Å². The molecule has 1 heteroatoms. The van der Waals surface area contributed by atoms with Crippen LogP contribution in [0.1, 0.15) is 94.9 Å². The molecule has 4 fully saturated rings. The van der Waals surface area contributed by atoms with E-state index in [-0.39, 0.29) is 16.2 Å². The summed E-state index contributed by atoms with van der Waals surface area (Å²) in [5.41, 5.74) is 18.5. The molecule has 6 aliphatic rings. The summed E-state index contributed by atoms with van der Waals surface area (Å²) in [5, 5.41) is 0. The van der Waals surface area contributed by atoms with Crippen molar-refractivity contribution in [3.63, 3.8) is 0 Å². The van der Waals surface area contributed by atoms with Crippen LogP contribution in [0.2, 0.25) is 0 Å². The molecule has 0 heterocycles. The zero-order valence-corrected chi connectivity index (χ0v) is 33.0. The molecule has 0 amide bonds. The number of anilines is 3. The van der Waals surface area contributed by atoms with Gasteiger partial charge in [0.2, 0.25) is 0 Å². The number of benzene rings is 6. The first-order chi connectivity index (χ1) is 26.7. The van der Waals surface area contributed by atoms with Crippen molar-refractivity contribution in [1.29, 1.82) is 0 Å². The Morgan fingerprint density at radius 1 is 0.455 bits per heavy atom. The number of nitrogens with zero attached hydrogens (tertiary/aromatic N) is 1. The third-order valence-corrected chi connectivity index (χ3v) is 15.3. The van der Waals surface area contributed by atoms with Crippen LogP contribution in [0.3, 0.4) is 0 Å². The second-order valence-corrected chi connectivity index (χ2v) is 19.2. The van der Waals surface area contributed by atoms with E-state index >= 15 is 0 Å². The molecule has 6 aromatic rings. The lowest BCUT2D eigenvalue weighted by Crippen LogP contribution is -2.55. The molecule has 6 aliphatic carbocycles. The highest BCUT2D eigenvalue weighted by atomic mass is 15.1. The van der Waals surface area contributed by atoms with E-state index < -0.39 is 0 Å². The summed E-state index contributed by atoms with van der Waals surface area (Å²) in [5.74, 6) is 3.32. The lowest BCUT2D eigenvalue weighted by atomic mass is 9.43. The Morgan fingerprint density at radius 3 is 1.80 bits per heavy atom. The van der Waals surface area contributed by atoms with Crippen LogP contribution in [-0.2, 0) is 16.2 Å². The van der Waals surface area contributed by atoms with Gasteiger partial charge in [-0.15, -0.1) is 0 Å². The molecule has 0 atom stereocenters. The first-order valence-corrected chi connectivity index (χ1v) is 21.2. The Hall–Kier alpha value is -4.88. The van der Waals surface area contributed by atoms with Gasteiger partial charge in [0.25, 0.3) is 0 Å². The van der Waals surface area contributed by atoms with Crippen molar-refractivity contribution in [2.75, 3.05) is 4.90 Å². The van der Waals surface area contributed by atoms with Gasteiger partial charge >= 0.3 is 0 Å². The molecule has 4 bridgehead atoms. The monoisotopic (exact) mass is 715 g/mol. The van der Waals surface area contributed by atoms with Crippen LogP contribution >= 0.6 is 0 Å². The quantitative estimate of drug-likeness (QED) is 0.172. The second kappa shape index (κ2) is 12.1. The molecule has 55 heavy (non-hydrogen) atoms. The zero-order chi connectivity index (χ0) is 37.1. The molecule has 0 saturated heterocycles. The minimum atomic E-state index is 0.112. The van der Waals surface area contributed by atoms with Gasteiger partial charge in [0, 0.05) is 22.4 Å². The molecular weight excluding hydrogens is 663 g/mol. The van der Waals surface area contributed by atoms with Gasteiger partial charge in [0.05, 0.1) is 5.69 Å². The minimum Gasteiger partial charge on any atom is -0.310 e. The predicted molar refractivity (Wildman–Crippen MR) is 231 cm³/mol. The smallest absolute Gasteiger partial charge is 0.0543 e. The predicted octanol–water partition coefficient (Wildman–Crippen LogP) is 14.6. The summed E-state index contributed by atoms with van der Waals surface area (Å²) in [6.45, 7) is 9.79. The number of rotatable bonds is 5. The lowest BCUT2D eigenvalue weighted by molar-refractivity contribution is -0.0399. The summed E-state index contributed by atoms with van der Waals surface area (Å²) in [6, 6.07) is 53.6. The highest BCUT2D eigenvalue weighted by Gasteiger charge is 2.61. The minimum absolute atomic E-state index is 0.112. The van der Waals surface area contributed by atoms with Crippen molar-refractivity contribution in [3.8, 4) is 33.4 Å². The van der Waals surface area contributed by atoms with E-state index in [1.807, 2.05) is 0 Å². The van der Waals surface area contributed by atoms with E-state index in [1.54, 1.807) is 11.1 Å². The van der Waals surface area contributed by atoms with Gasteiger partial charge in [-0.25, -0.2) is 0 Å². The van der Waals surface area contributed by atoms with Crippen molar-refractivity contribution >= 4 is 17.1 Å². The van der Waals surface area contributed by atoms with Crippen molar-refractivity contribution < 1.29 is 0 Å². The molecule has 0 aromatic heterocycles. The van der Waals surface area contributed by atoms with E-state index in [0.29, 0.717) is 0 Å². The summed E-state index contributed by atoms with van der Waals surface area (Å²) < 4.78 is 0. The first kappa shape index (κ1) is 33.5. The molecule has 1 spiro atoms. The summed E-state index contributed by atoms with van der Waals surface area (Å²) in [6.07, 6.45) is 9.47. The maximum Gasteiger partial charge on any atom is 0.0543 e. The maximum atomic E-state index is 2.59. The molecule has 4 saturated carbocycles. The fourth-order valence-electron chi connectivity index (χ4n) is 13.0. The number of hydrogen-bond donors (Lipinski definition) is 0. The molecule has 0 unspecified atom stereocenters. The average Bonchev–Trinajstić information content (AvgIpc) is 3.50. The van der Waals surface area contributed by atoms with Gasteiger partial charge in [-0.05, 0) is 160 Å². The Bertz CT molecular complexity index is 2420. The van der Waals surface area contributed by atoms with Crippen molar-refractivity contribution in [3.05, 3.63) is 162 Å². The van der Waals surface area contributed by atoms with Crippen LogP contribution in [0.4, 0.5) is 17.1 Å². The van der Waals surface area contributed by atoms with Crippen molar-refractivity contribution in [2.24, 2.45) is 23.7 Å². The Labute approximate surface area is 328 Å². The van der Waals surface area contributed by atoms with Crippen LogP contribution in [0.25, 0.3) is 33.4 Å². The Balaban J connectivity index is 1.12. The lowest BCUT2D eigenvalue weighted by Gasteiger charge is -2.61. The van der Waals surface area contributed by atoms with Crippen molar-refractivity contribution in [2.45, 2.75) is 88.9 Å². The molecule has 0 N–H and O–H groups in total. The molecule has 6 aromatic carbocycles. The van der Waals surface area contributed by atoms with E-state index in [2.05, 4.69) is 172 Å². The Morgan fingerprint density at radius 2 is 1.04 bits per heavy atom. The van der Waals surface area contributed by atoms with Crippen LogP contribution in [-0.4, -0.2) is 0 Å². The molecular formula is C54H53N. The third-order valence-electron chi connectivity index (χ3n) is 15.3. The fraction of sp³-hybridized carbons (Fsp3) is 0.333. The normalized spacial score (nSPS) is 26.0. The van der Waals surface area contributed by atoms with Gasteiger partial charge in [-0.1, -0.05) is 137 Å². The average molecular weight is 716 g/mol. The maximum absolute atomic E-state index is 2.59. The van der Waals surface area contributed by atoms with Crippen LogP contribution in [0, 0.1) is 23.7 Å². The third kappa shape index (κ3) is 4.90. The van der Waals surface area contributed by atoms with Gasteiger partial charge in [0.15, 0.2) is 0 Å². The first-order valence-electron chi connectivity index (χ1n) is 21.2. The second-order valence-electron chi connectivity index (χ2n) is 19.2. The van der Waals surface area contributed by atoms with Gasteiger partial charge < -0.3 is 4.90 Å². The highest BCUT2D eigenvalue weighted by molar-refractivity contribution is 5.96.